The molecule has 3 heterocycles. The SMILES string of the molecule is CCOc1cc(C(N)=O)cc2nc(NC(=O)c3cc(C)nn3CC)n(C/C=C/CNc3c(OCCCN4CCOCC4)cc(N)c(C(=O)O)c3N)c12. The highest BCUT2D eigenvalue weighted by molar-refractivity contribution is 6.05. The summed E-state index contributed by atoms with van der Waals surface area (Å²) in [7, 11) is 0. The number of nitrogens with zero attached hydrogens (tertiary/aromatic N) is 5. The molecule has 0 bridgehead atoms. The molecule has 0 radical (unpaired) electrons. The first-order chi connectivity index (χ1) is 25.0. The van der Waals surface area contributed by atoms with E-state index in [1.165, 1.54) is 6.07 Å². The van der Waals surface area contributed by atoms with Crippen molar-refractivity contribution in [2.24, 2.45) is 5.73 Å². The molecule has 52 heavy (non-hydrogen) atoms. The van der Waals surface area contributed by atoms with Gasteiger partial charge < -0.3 is 46.4 Å². The van der Waals surface area contributed by atoms with Gasteiger partial charge in [0.15, 0.2) is 0 Å². The smallest absolute Gasteiger partial charge is 0.340 e. The topological polar surface area (TPSA) is 240 Å². The van der Waals surface area contributed by atoms with E-state index in [1.54, 1.807) is 34.4 Å². The monoisotopic (exact) mass is 718 g/mol. The van der Waals surface area contributed by atoms with Crippen LogP contribution >= 0.6 is 0 Å². The number of aromatic nitrogens is 4. The Hall–Kier alpha value is -5.81. The van der Waals surface area contributed by atoms with E-state index in [1.807, 2.05) is 26.0 Å². The van der Waals surface area contributed by atoms with Crippen LogP contribution in [0.15, 0.2) is 36.4 Å². The molecule has 0 spiro atoms. The number of ether oxygens (including phenoxy) is 3. The van der Waals surface area contributed by atoms with E-state index >= 15 is 0 Å². The first kappa shape index (κ1) is 37.4. The zero-order chi connectivity index (χ0) is 37.4. The highest BCUT2D eigenvalue weighted by Gasteiger charge is 2.23. The van der Waals surface area contributed by atoms with Crippen LogP contribution < -0.4 is 37.3 Å². The number of carboxylic acid groups (broad SMARTS) is 1. The van der Waals surface area contributed by atoms with E-state index in [0.717, 1.165) is 26.1 Å². The average molecular weight is 719 g/mol. The lowest BCUT2D eigenvalue weighted by atomic mass is 10.1. The third kappa shape index (κ3) is 8.55. The van der Waals surface area contributed by atoms with Crippen LogP contribution in [0.25, 0.3) is 11.0 Å². The summed E-state index contributed by atoms with van der Waals surface area (Å²) in [5.41, 5.74) is 20.2. The lowest BCUT2D eigenvalue weighted by Gasteiger charge is -2.26. The van der Waals surface area contributed by atoms with Gasteiger partial charge in [0.1, 0.15) is 34.0 Å². The zero-order valence-corrected chi connectivity index (χ0v) is 29.6. The number of nitrogen functional groups attached to an aromatic ring is 2. The third-order valence-corrected chi connectivity index (χ3v) is 8.46. The van der Waals surface area contributed by atoms with Gasteiger partial charge in [0.2, 0.25) is 11.9 Å². The second kappa shape index (κ2) is 16.9. The zero-order valence-electron chi connectivity index (χ0n) is 29.6. The van der Waals surface area contributed by atoms with E-state index in [2.05, 4.69) is 25.6 Å². The molecule has 0 saturated carbocycles. The Balaban J connectivity index is 1.38. The number of morpholine rings is 1. The van der Waals surface area contributed by atoms with Gasteiger partial charge in [0.25, 0.3) is 5.91 Å². The molecule has 2 aromatic carbocycles. The summed E-state index contributed by atoms with van der Waals surface area (Å²) in [5.74, 6) is -1.39. The van der Waals surface area contributed by atoms with Crippen molar-refractivity contribution in [1.29, 1.82) is 0 Å². The van der Waals surface area contributed by atoms with Crippen LogP contribution in [0.2, 0.25) is 0 Å². The number of hydrogen-bond donors (Lipinski definition) is 6. The molecule has 5 rings (SSSR count). The molecule has 1 aliphatic heterocycles. The van der Waals surface area contributed by atoms with Crippen molar-refractivity contribution in [2.45, 2.75) is 40.3 Å². The van der Waals surface area contributed by atoms with Crippen molar-refractivity contribution in [2.75, 3.05) is 74.7 Å². The van der Waals surface area contributed by atoms with Crippen LogP contribution in [0, 0.1) is 6.92 Å². The molecule has 0 atom stereocenters. The lowest BCUT2D eigenvalue weighted by molar-refractivity contribution is 0.0358. The number of anilines is 4. The number of amides is 2. The summed E-state index contributed by atoms with van der Waals surface area (Å²) < 4.78 is 20.7. The molecule has 2 amide bonds. The van der Waals surface area contributed by atoms with E-state index < -0.39 is 17.8 Å². The molecule has 1 fully saturated rings. The van der Waals surface area contributed by atoms with Gasteiger partial charge in [-0.2, -0.15) is 5.10 Å². The summed E-state index contributed by atoms with van der Waals surface area (Å²) in [4.78, 5) is 44.5. The number of carboxylic acids is 1. The molecule has 17 heteroatoms. The van der Waals surface area contributed by atoms with Crippen LogP contribution in [0.1, 0.15) is 57.2 Å². The van der Waals surface area contributed by atoms with Crippen molar-refractivity contribution in [3.05, 3.63) is 58.9 Å². The maximum absolute atomic E-state index is 13.5. The van der Waals surface area contributed by atoms with Crippen LogP contribution in [0.3, 0.4) is 0 Å². The van der Waals surface area contributed by atoms with Gasteiger partial charge in [0.05, 0.1) is 49.0 Å². The molecular formula is C35H46N10O7. The maximum Gasteiger partial charge on any atom is 0.340 e. The minimum Gasteiger partial charge on any atom is -0.492 e. The van der Waals surface area contributed by atoms with E-state index in [9.17, 15) is 19.5 Å². The number of imidazole rings is 1. The van der Waals surface area contributed by atoms with Gasteiger partial charge >= 0.3 is 5.97 Å². The number of carbonyl (C=O) groups is 3. The number of carbonyl (C=O) groups excluding carboxylic acids is 2. The molecule has 0 aliphatic carbocycles. The molecule has 1 aliphatic rings. The molecule has 9 N–H and O–H groups in total. The molecule has 1 saturated heterocycles. The number of aryl methyl sites for hydroxylation is 2. The Morgan fingerprint density at radius 3 is 2.52 bits per heavy atom. The highest BCUT2D eigenvalue weighted by Crippen LogP contribution is 2.38. The van der Waals surface area contributed by atoms with Crippen LogP contribution in [0.4, 0.5) is 23.0 Å². The Morgan fingerprint density at radius 2 is 1.83 bits per heavy atom. The number of nitrogens with two attached hydrogens (primary N) is 3. The number of nitrogens with one attached hydrogen (secondary N) is 2. The van der Waals surface area contributed by atoms with Crippen molar-refractivity contribution in [3.8, 4) is 11.5 Å². The number of aromatic carboxylic acids is 1. The number of hydrogen-bond acceptors (Lipinski definition) is 12. The van der Waals surface area contributed by atoms with Crippen molar-refractivity contribution in [1.82, 2.24) is 24.2 Å². The standard InChI is InChI=1S/C35H46N10O7/c1-4-45-25(17-21(3)42-45)33(47)41-35-40-24-18-22(32(38)46)19-27(51-5-2)31(24)44(35)11-7-6-9-39-30-26(20-23(36)28(29(30)37)34(48)49)52-14-8-10-43-12-15-50-16-13-43/h6-7,17-20,39H,4-5,8-16,36-37H2,1-3H3,(H2,38,46)(H,48,49)(H,40,41,47)/b7-6+. The molecule has 2 aromatic heterocycles. The summed E-state index contributed by atoms with van der Waals surface area (Å²) in [6, 6.07) is 6.25. The van der Waals surface area contributed by atoms with Gasteiger partial charge in [-0.3, -0.25) is 24.5 Å². The lowest BCUT2D eigenvalue weighted by Crippen LogP contribution is -2.37. The van der Waals surface area contributed by atoms with Gasteiger partial charge in [-0.1, -0.05) is 12.2 Å². The quantitative estimate of drug-likeness (QED) is 0.0524. The van der Waals surface area contributed by atoms with E-state index in [-0.39, 0.29) is 41.5 Å². The summed E-state index contributed by atoms with van der Waals surface area (Å²) in [6.45, 7) is 11.1. The van der Waals surface area contributed by atoms with Gasteiger partial charge in [-0.25, -0.2) is 9.78 Å². The Kier molecular flexibility index (Phi) is 12.2. The minimum absolute atomic E-state index is 0.00224. The van der Waals surface area contributed by atoms with Crippen LogP contribution in [-0.2, 0) is 17.8 Å². The first-order valence-electron chi connectivity index (χ1n) is 17.1. The number of fused-ring (bicyclic) bond motifs is 1. The van der Waals surface area contributed by atoms with Crippen molar-refractivity contribution < 1.29 is 33.7 Å². The number of rotatable bonds is 17. The summed E-state index contributed by atoms with van der Waals surface area (Å²) >= 11 is 0. The van der Waals surface area contributed by atoms with Crippen molar-refractivity contribution >= 4 is 51.8 Å². The normalized spacial score (nSPS) is 13.4. The fourth-order valence-electron chi connectivity index (χ4n) is 6.00. The number of benzene rings is 2. The predicted octanol–water partition coefficient (Wildman–Crippen LogP) is 2.94. The Bertz CT molecular complexity index is 1960. The average Bonchev–Trinajstić information content (AvgIpc) is 3.67. The second-order valence-corrected chi connectivity index (χ2v) is 12.1. The molecule has 278 valence electrons. The summed E-state index contributed by atoms with van der Waals surface area (Å²) in [6.07, 6.45) is 4.38. The molecule has 4 aromatic rings. The van der Waals surface area contributed by atoms with Crippen LogP contribution in [0.5, 0.6) is 11.5 Å². The Labute approximate surface area is 300 Å². The van der Waals surface area contributed by atoms with Gasteiger partial charge in [-0.05, 0) is 45.4 Å². The minimum atomic E-state index is -1.25. The van der Waals surface area contributed by atoms with E-state index in [0.29, 0.717) is 72.6 Å². The predicted molar refractivity (Wildman–Crippen MR) is 197 cm³/mol. The number of allylic oxidation sites excluding steroid dienone is 1. The molecule has 0 unspecified atom stereocenters. The molecule has 17 nitrogen and oxygen atoms in total. The fourth-order valence-corrected chi connectivity index (χ4v) is 6.00. The molecular weight excluding hydrogens is 672 g/mol. The van der Waals surface area contributed by atoms with Crippen molar-refractivity contribution in [3.63, 3.8) is 0 Å². The largest absolute Gasteiger partial charge is 0.492 e. The number of primary amides is 1. The van der Waals surface area contributed by atoms with Crippen LogP contribution in [-0.4, -0.2) is 99.7 Å². The van der Waals surface area contributed by atoms with Gasteiger partial charge in [-0.15, -0.1) is 0 Å². The highest BCUT2D eigenvalue weighted by atomic mass is 16.5. The fraction of sp³-hybridized carbons (Fsp3) is 0.400. The first-order valence-corrected chi connectivity index (χ1v) is 17.1. The van der Waals surface area contributed by atoms with Gasteiger partial charge in [0, 0.05) is 50.9 Å². The maximum atomic E-state index is 13.5. The third-order valence-electron chi connectivity index (χ3n) is 8.46. The summed E-state index contributed by atoms with van der Waals surface area (Å²) in [5, 5.41) is 20.2. The van der Waals surface area contributed by atoms with E-state index in [4.69, 9.17) is 31.4 Å². The second-order valence-electron chi connectivity index (χ2n) is 12.1. The Morgan fingerprint density at radius 1 is 1.06 bits per heavy atom.